The summed E-state index contributed by atoms with van der Waals surface area (Å²) in [5, 5.41) is 39.4. The molecule has 0 amide bonds. The summed E-state index contributed by atoms with van der Waals surface area (Å²) in [6, 6.07) is 9.97. The molecule has 1 atom stereocenters. The van der Waals surface area contributed by atoms with Crippen LogP contribution in [0.25, 0.3) is 0 Å². The van der Waals surface area contributed by atoms with E-state index in [9.17, 15) is 23.7 Å². The van der Waals surface area contributed by atoms with Gasteiger partial charge in [0.2, 0.25) is 0 Å². The molecule has 0 bridgehead atoms. The highest BCUT2D eigenvalue weighted by atomic mass is 79.9. The Morgan fingerprint density at radius 2 is 2.00 bits per heavy atom. The Bertz CT molecular complexity index is 1070. The van der Waals surface area contributed by atoms with Crippen LogP contribution in [-0.4, -0.2) is 41.0 Å². The Morgan fingerprint density at radius 1 is 1.33 bits per heavy atom. The lowest BCUT2D eigenvalue weighted by atomic mass is 9.83. The monoisotopic (exact) mass is 482 g/mol. The first-order chi connectivity index (χ1) is 14.1. The van der Waals surface area contributed by atoms with E-state index < -0.39 is 12.1 Å². The molecule has 1 unspecified atom stereocenters. The van der Waals surface area contributed by atoms with Crippen molar-refractivity contribution in [1.82, 2.24) is 15.5 Å². The van der Waals surface area contributed by atoms with Crippen LogP contribution in [0.15, 0.2) is 40.1 Å². The van der Waals surface area contributed by atoms with Gasteiger partial charge in [-0.05, 0) is 34.6 Å². The highest BCUT2D eigenvalue weighted by Crippen LogP contribution is 2.43. The zero-order valence-electron chi connectivity index (χ0n) is 15.3. The second kappa shape index (κ2) is 9.43. The fourth-order valence-electron chi connectivity index (χ4n) is 2.79. The number of nitriles is 2. The van der Waals surface area contributed by atoms with E-state index in [4.69, 9.17) is 9.90 Å². The molecular formula is C18H14BrF3N6O2. The van der Waals surface area contributed by atoms with Gasteiger partial charge in [-0.15, -0.1) is 0 Å². The Hall–Kier alpha value is -3.35. The number of aliphatic carboxylic acids is 1. The molecule has 3 rings (SSSR count). The topological polar surface area (TPSA) is 138 Å². The van der Waals surface area contributed by atoms with Crippen molar-refractivity contribution in [2.45, 2.75) is 12.1 Å². The molecule has 30 heavy (non-hydrogen) atoms. The molecule has 1 aromatic heterocycles. The van der Waals surface area contributed by atoms with Gasteiger partial charge in [-0.2, -0.15) is 28.8 Å². The third kappa shape index (κ3) is 4.79. The molecule has 0 spiro atoms. The number of aromatic amines is 1. The Morgan fingerprint density at radius 3 is 2.53 bits per heavy atom. The van der Waals surface area contributed by atoms with Gasteiger partial charge in [-0.25, -0.2) is 4.79 Å². The van der Waals surface area contributed by atoms with Gasteiger partial charge >= 0.3 is 12.1 Å². The first kappa shape index (κ1) is 22.9. The smallest absolute Gasteiger partial charge is 0.475 e. The van der Waals surface area contributed by atoms with Crippen LogP contribution in [0.5, 0.6) is 0 Å². The number of anilines is 1. The SMILES string of the molecule is CNCC1=C(C#N)C(c2cccc(C#N)c2Br)c2cn[nH]c2N1.O=C(O)C(F)(F)F. The molecule has 4 N–H and O–H groups in total. The van der Waals surface area contributed by atoms with E-state index >= 15 is 0 Å². The first-order valence-corrected chi connectivity index (χ1v) is 9.01. The summed E-state index contributed by atoms with van der Waals surface area (Å²) in [6.45, 7) is 0.535. The molecule has 12 heteroatoms. The van der Waals surface area contributed by atoms with Crippen LogP contribution in [-0.2, 0) is 4.79 Å². The zero-order chi connectivity index (χ0) is 22.5. The van der Waals surface area contributed by atoms with Crippen LogP contribution < -0.4 is 10.6 Å². The molecule has 1 aliphatic rings. The number of benzene rings is 1. The number of likely N-dealkylation sites (N-methyl/N-ethyl adjacent to an activating group) is 1. The van der Waals surface area contributed by atoms with Gasteiger partial charge in [-0.3, -0.25) is 5.10 Å². The molecule has 0 saturated heterocycles. The molecule has 0 aliphatic carbocycles. The average molecular weight is 483 g/mol. The van der Waals surface area contributed by atoms with E-state index in [1.807, 2.05) is 19.2 Å². The van der Waals surface area contributed by atoms with E-state index in [2.05, 4.69) is 48.9 Å². The standard InChI is InChI=1S/C16H13BrN6.C2HF3O2/c1-20-8-13-11(6-19)14(12-7-21-23-16(12)22-13)10-4-2-3-9(5-18)15(10)17;3-2(4,5)1(6)7/h2-4,7,14,20H,8H2,1H3,(H2,21,22,23);(H,6,7). The molecular weight excluding hydrogens is 469 g/mol. The molecule has 0 radical (unpaired) electrons. The maximum atomic E-state index is 10.6. The number of nitrogens with zero attached hydrogens (tertiary/aromatic N) is 3. The summed E-state index contributed by atoms with van der Waals surface area (Å²) in [4.78, 5) is 8.90. The van der Waals surface area contributed by atoms with Crippen molar-refractivity contribution < 1.29 is 23.1 Å². The van der Waals surface area contributed by atoms with E-state index in [0.717, 1.165) is 22.6 Å². The maximum Gasteiger partial charge on any atom is 0.490 e. The fraction of sp³-hybridized carbons (Fsp3) is 0.222. The van der Waals surface area contributed by atoms with E-state index in [0.29, 0.717) is 22.2 Å². The van der Waals surface area contributed by atoms with Gasteiger partial charge in [0.1, 0.15) is 11.9 Å². The minimum absolute atomic E-state index is 0.277. The normalized spacial score (nSPS) is 15.1. The number of carboxylic acid groups (broad SMARTS) is 1. The lowest BCUT2D eigenvalue weighted by Crippen LogP contribution is -2.24. The van der Waals surface area contributed by atoms with Gasteiger partial charge in [-0.1, -0.05) is 12.1 Å². The lowest BCUT2D eigenvalue weighted by Gasteiger charge is -2.27. The van der Waals surface area contributed by atoms with Crippen molar-refractivity contribution >= 4 is 27.7 Å². The highest BCUT2D eigenvalue weighted by Gasteiger charge is 2.38. The van der Waals surface area contributed by atoms with E-state index in [1.54, 1.807) is 12.3 Å². The van der Waals surface area contributed by atoms with Crippen molar-refractivity contribution in [3.05, 3.63) is 56.8 Å². The Balaban J connectivity index is 0.000000396. The molecule has 2 heterocycles. The lowest BCUT2D eigenvalue weighted by molar-refractivity contribution is -0.192. The Kier molecular flexibility index (Phi) is 7.21. The number of alkyl halides is 3. The molecule has 0 fully saturated rings. The maximum absolute atomic E-state index is 10.6. The van der Waals surface area contributed by atoms with Gasteiger partial charge in [0.25, 0.3) is 0 Å². The molecule has 1 aliphatic heterocycles. The van der Waals surface area contributed by atoms with Crippen LogP contribution in [0, 0.1) is 22.7 Å². The van der Waals surface area contributed by atoms with E-state index in [1.165, 1.54) is 0 Å². The number of rotatable bonds is 3. The highest BCUT2D eigenvalue weighted by molar-refractivity contribution is 9.10. The van der Waals surface area contributed by atoms with Gasteiger partial charge in [0.05, 0.1) is 29.3 Å². The summed E-state index contributed by atoms with van der Waals surface area (Å²) < 4.78 is 32.4. The number of aromatic nitrogens is 2. The third-order valence-electron chi connectivity index (χ3n) is 4.05. The van der Waals surface area contributed by atoms with Crippen molar-refractivity contribution in [2.75, 3.05) is 18.9 Å². The second-order valence-electron chi connectivity index (χ2n) is 5.92. The number of H-pyrrole nitrogens is 1. The van der Waals surface area contributed by atoms with Gasteiger partial charge in [0, 0.05) is 22.3 Å². The fourth-order valence-corrected chi connectivity index (χ4v) is 3.37. The number of carboxylic acids is 1. The summed E-state index contributed by atoms with van der Waals surface area (Å²) in [5.74, 6) is -2.26. The number of hydrogen-bond acceptors (Lipinski definition) is 6. The van der Waals surface area contributed by atoms with Crippen molar-refractivity contribution in [1.29, 1.82) is 10.5 Å². The number of allylic oxidation sites excluding steroid dienone is 1. The zero-order valence-corrected chi connectivity index (χ0v) is 16.9. The van der Waals surface area contributed by atoms with Crippen LogP contribution in [0.4, 0.5) is 19.0 Å². The van der Waals surface area contributed by atoms with Crippen LogP contribution in [0.2, 0.25) is 0 Å². The summed E-state index contributed by atoms with van der Waals surface area (Å²) in [6.07, 6.45) is -3.37. The molecule has 0 saturated carbocycles. The molecule has 2 aromatic rings. The number of carbonyl (C=O) groups is 1. The van der Waals surface area contributed by atoms with Crippen LogP contribution in [0.3, 0.4) is 0 Å². The molecule has 8 nitrogen and oxygen atoms in total. The predicted molar refractivity (Wildman–Crippen MR) is 103 cm³/mol. The second-order valence-corrected chi connectivity index (χ2v) is 6.71. The van der Waals surface area contributed by atoms with E-state index in [-0.39, 0.29) is 5.92 Å². The Labute approximate surface area is 177 Å². The van der Waals surface area contributed by atoms with Gasteiger partial charge < -0.3 is 15.7 Å². The largest absolute Gasteiger partial charge is 0.490 e. The minimum Gasteiger partial charge on any atom is -0.475 e. The van der Waals surface area contributed by atoms with Crippen molar-refractivity contribution in [3.63, 3.8) is 0 Å². The summed E-state index contributed by atoms with van der Waals surface area (Å²) in [7, 11) is 1.83. The average Bonchev–Trinajstić information content (AvgIpc) is 3.15. The summed E-state index contributed by atoms with van der Waals surface area (Å²) >= 11 is 3.51. The van der Waals surface area contributed by atoms with Gasteiger partial charge in [0.15, 0.2) is 0 Å². The van der Waals surface area contributed by atoms with Crippen LogP contribution >= 0.6 is 15.9 Å². The third-order valence-corrected chi connectivity index (χ3v) is 4.93. The number of nitrogens with one attached hydrogen (secondary N) is 3. The predicted octanol–water partition coefficient (Wildman–Crippen LogP) is 3.23. The molecule has 156 valence electrons. The number of halogens is 4. The quantitative estimate of drug-likeness (QED) is 0.526. The number of fused-ring (bicyclic) bond motifs is 1. The van der Waals surface area contributed by atoms with Crippen molar-refractivity contribution in [3.8, 4) is 12.1 Å². The van der Waals surface area contributed by atoms with Crippen molar-refractivity contribution in [2.24, 2.45) is 0 Å². The molecule has 1 aromatic carbocycles. The van der Waals surface area contributed by atoms with Crippen LogP contribution in [0.1, 0.15) is 22.6 Å². The minimum atomic E-state index is -5.08. The number of hydrogen-bond donors (Lipinski definition) is 4. The first-order valence-electron chi connectivity index (χ1n) is 8.22. The summed E-state index contributed by atoms with van der Waals surface area (Å²) in [5.41, 5.74) is 3.71.